The molecule has 2 rings (SSSR count). The summed E-state index contributed by atoms with van der Waals surface area (Å²) in [7, 11) is 0. The van der Waals surface area contributed by atoms with Crippen molar-refractivity contribution in [1.82, 2.24) is 0 Å². The van der Waals surface area contributed by atoms with Crippen LogP contribution in [0.4, 0.5) is 0 Å². The van der Waals surface area contributed by atoms with Gasteiger partial charge in [-0.3, -0.25) is 0 Å². The summed E-state index contributed by atoms with van der Waals surface area (Å²) in [5.74, 6) is 0. The molecule has 0 N–H and O–H groups in total. The fourth-order valence-corrected chi connectivity index (χ4v) is 3.40. The first-order chi connectivity index (χ1) is 8.81. The molecular formula is C16H16S2. The third kappa shape index (κ3) is 3.37. The number of hydrogen-bond donors (Lipinski definition) is 0. The number of hydrogen-bond acceptors (Lipinski definition) is 2. The maximum absolute atomic E-state index is 2.22. The average Bonchev–Trinajstić information content (AvgIpc) is 2.77. The van der Waals surface area contributed by atoms with Crippen LogP contribution >= 0.6 is 23.1 Å². The molecule has 0 radical (unpaired) electrons. The molecule has 0 nitrogen and oxygen atoms in total. The van der Waals surface area contributed by atoms with Gasteiger partial charge in [0.25, 0.3) is 0 Å². The molecule has 0 amide bonds. The zero-order valence-corrected chi connectivity index (χ0v) is 12.2. The van der Waals surface area contributed by atoms with E-state index in [0.29, 0.717) is 0 Å². The van der Waals surface area contributed by atoms with E-state index in [1.807, 2.05) is 29.2 Å². The second-order valence-corrected chi connectivity index (χ2v) is 5.89. The van der Waals surface area contributed by atoms with Crippen LogP contribution in [0.3, 0.4) is 0 Å². The van der Waals surface area contributed by atoms with Crippen LogP contribution in [0.5, 0.6) is 0 Å². The molecule has 2 heteroatoms. The standard InChI is InChI=1S/C16H16S2/c1-13-15(12-18-16(13)17-2)11-7-6-10-14-8-4-3-5-9-14/h3-12H,1-2H3/b10-6+,11-7+. The maximum atomic E-state index is 2.22. The first kappa shape index (κ1) is 13.2. The average molecular weight is 272 g/mol. The summed E-state index contributed by atoms with van der Waals surface area (Å²) >= 11 is 3.64. The second-order valence-electron chi connectivity index (χ2n) is 3.94. The zero-order valence-electron chi connectivity index (χ0n) is 10.6. The third-order valence-corrected chi connectivity index (χ3v) is 5.05. The lowest BCUT2D eigenvalue weighted by molar-refractivity contribution is 1.41. The number of thiophene rings is 1. The largest absolute Gasteiger partial charge is 0.137 e. The van der Waals surface area contributed by atoms with Crippen molar-refractivity contribution in [3.8, 4) is 0 Å². The summed E-state index contributed by atoms with van der Waals surface area (Å²) in [5, 5.41) is 2.22. The molecule has 0 saturated carbocycles. The van der Waals surface area contributed by atoms with Gasteiger partial charge in [0.15, 0.2) is 0 Å². The van der Waals surface area contributed by atoms with Gasteiger partial charge in [0.2, 0.25) is 0 Å². The molecule has 1 aromatic heterocycles. The Morgan fingerprint density at radius 1 is 1.06 bits per heavy atom. The fraction of sp³-hybridized carbons (Fsp3) is 0.125. The van der Waals surface area contributed by atoms with E-state index in [2.05, 4.69) is 67.1 Å². The lowest BCUT2D eigenvalue weighted by atomic mass is 10.2. The van der Waals surface area contributed by atoms with Crippen LogP contribution in [0.15, 0.2) is 52.1 Å². The van der Waals surface area contributed by atoms with E-state index in [4.69, 9.17) is 0 Å². The van der Waals surface area contributed by atoms with E-state index < -0.39 is 0 Å². The van der Waals surface area contributed by atoms with Crippen LogP contribution in [0.2, 0.25) is 0 Å². The van der Waals surface area contributed by atoms with Crippen LogP contribution in [0, 0.1) is 6.92 Å². The normalized spacial score (nSPS) is 11.7. The molecule has 1 heterocycles. The van der Waals surface area contributed by atoms with Gasteiger partial charge in [0.05, 0.1) is 4.21 Å². The van der Waals surface area contributed by atoms with Crippen LogP contribution < -0.4 is 0 Å². The smallest absolute Gasteiger partial charge is 0.0631 e. The molecule has 0 fully saturated rings. The predicted octanol–water partition coefficient (Wildman–Crippen LogP) is 5.51. The van der Waals surface area contributed by atoms with E-state index in [9.17, 15) is 0 Å². The van der Waals surface area contributed by atoms with Gasteiger partial charge in [0, 0.05) is 0 Å². The molecule has 0 bridgehead atoms. The van der Waals surface area contributed by atoms with Gasteiger partial charge in [-0.15, -0.1) is 23.1 Å². The topological polar surface area (TPSA) is 0 Å². The first-order valence-electron chi connectivity index (χ1n) is 5.83. The van der Waals surface area contributed by atoms with Crippen molar-refractivity contribution >= 4 is 35.3 Å². The molecule has 2 aromatic rings. The Balaban J connectivity index is 2.03. The summed E-state index contributed by atoms with van der Waals surface area (Å²) in [4.78, 5) is 0. The number of benzene rings is 1. The van der Waals surface area contributed by atoms with Gasteiger partial charge in [-0.1, -0.05) is 54.6 Å². The SMILES string of the molecule is CSc1scc(/C=C/C=C/c2ccccc2)c1C. The van der Waals surface area contributed by atoms with Crippen molar-refractivity contribution in [2.45, 2.75) is 11.1 Å². The van der Waals surface area contributed by atoms with Crippen LogP contribution in [0.25, 0.3) is 12.2 Å². The van der Waals surface area contributed by atoms with Crippen molar-refractivity contribution < 1.29 is 0 Å². The van der Waals surface area contributed by atoms with Crippen molar-refractivity contribution in [2.75, 3.05) is 6.26 Å². The minimum Gasteiger partial charge on any atom is -0.137 e. The highest BCUT2D eigenvalue weighted by Gasteiger charge is 2.02. The molecule has 0 aliphatic heterocycles. The molecule has 0 saturated heterocycles. The van der Waals surface area contributed by atoms with Gasteiger partial charge in [-0.05, 0) is 35.2 Å². The molecule has 0 unspecified atom stereocenters. The summed E-state index contributed by atoms with van der Waals surface area (Å²) in [5.41, 5.74) is 3.94. The summed E-state index contributed by atoms with van der Waals surface area (Å²) in [6.45, 7) is 2.18. The number of rotatable bonds is 4. The molecular weight excluding hydrogens is 256 g/mol. The van der Waals surface area contributed by atoms with Gasteiger partial charge in [0.1, 0.15) is 0 Å². The predicted molar refractivity (Wildman–Crippen MR) is 85.3 cm³/mol. The Kier molecular flexibility index (Phi) is 4.85. The van der Waals surface area contributed by atoms with Crippen molar-refractivity contribution in [3.63, 3.8) is 0 Å². The van der Waals surface area contributed by atoms with Crippen LogP contribution in [-0.2, 0) is 0 Å². The van der Waals surface area contributed by atoms with Gasteiger partial charge < -0.3 is 0 Å². The molecule has 0 atom stereocenters. The third-order valence-electron chi connectivity index (χ3n) is 2.69. The van der Waals surface area contributed by atoms with E-state index >= 15 is 0 Å². The summed E-state index contributed by atoms with van der Waals surface area (Å²) in [6.07, 6.45) is 10.6. The molecule has 1 aromatic carbocycles. The minimum absolute atomic E-state index is 1.23. The van der Waals surface area contributed by atoms with Gasteiger partial charge >= 0.3 is 0 Å². The first-order valence-corrected chi connectivity index (χ1v) is 7.93. The maximum Gasteiger partial charge on any atom is 0.0631 e. The van der Waals surface area contributed by atoms with Crippen molar-refractivity contribution in [1.29, 1.82) is 0 Å². The van der Waals surface area contributed by atoms with Crippen LogP contribution in [-0.4, -0.2) is 6.26 Å². The highest BCUT2D eigenvalue weighted by Crippen LogP contribution is 2.30. The van der Waals surface area contributed by atoms with E-state index in [0.717, 1.165) is 0 Å². The lowest BCUT2D eigenvalue weighted by Crippen LogP contribution is -1.72. The highest BCUT2D eigenvalue weighted by molar-refractivity contribution is 8.00. The Bertz CT molecular complexity index is 548. The van der Waals surface area contributed by atoms with E-state index in [1.165, 1.54) is 20.9 Å². The number of thioether (sulfide) groups is 1. The fourth-order valence-electron chi connectivity index (χ4n) is 1.67. The van der Waals surface area contributed by atoms with Crippen molar-refractivity contribution in [3.05, 3.63) is 64.6 Å². The highest BCUT2D eigenvalue weighted by atomic mass is 32.2. The Hall–Kier alpha value is -1.25. The quantitative estimate of drug-likeness (QED) is 0.523. The van der Waals surface area contributed by atoms with Crippen LogP contribution in [0.1, 0.15) is 16.7 Å². The number of allylic oxidation sites excluding steroid dienone is 2. The summed E-state index contributed by atoms with van der Waals surface area (Å²) in [6, 6.07) is 10.3. The molecule has 92 valence electrons. The Morgan fingerprint density at radius 2 is 1.78 bits per heavy atom. The monoisotopic (exact) mass is 272 g/mol. The van der Waals surface area contributed by atoms with E-state index in [1.54, 1.807) is 0 Å². The van der Waals surface area contributed by atoms with Crippen molar-refractivity contribution in [2.24, 2.45) is 0 Å². The Morgan fingerprint density at radius 3 is 2.44 bits per heavy atom. The van der Waals surface area contributed by atoms with E-state index in [-0.39, 0.29) is 0 Å². The molecule has 0 spiro atoms. The van der Waals surface area contributed by atoms with Gasteiger partial charge in [-0.2, -0.15) is 0 Å². The summed E-state index contributed by atoms with van der Waals surface area (Å²) < 4.78 is 1.40. The Labute approximate surface area is 117 Å². The molecule has 0 aliphatic rings. The second kappa shape index (κ2) is 6.62. The van der Waals surface area contributed by atoms with Gasteiger partial charge in [-0.25, -0.2) is 0 Å². The lowest BCUT2D eigenvalue weighted by Gasteiger charge is -1.93. The minimum atomic E-state index is 1.23. The molecule has 18 heavy (non-hydrogen) atoms. The molecule has 0 aliphatic carbocycles. The zero-order chi connectivity index (χ0) is 12.8.